The fourth-order valence-electron chi connectivity index (χ4n) is 3.43. The van der Waals surface area contributed by atoms with Crippen LogP contribution in [0, 0.1) is 6.92 Å². The molecule has 1 aliphatic heterocycles. The van der Waals surface area contributed by atoms with E-state index in [4.69, 9.17) is 14.0 Å². The Morgan fingerprint density at radius 2 is 2.17 bits per heavy atom. The van der Waals surface area contributed by atoms with Crippen LogP contribution in [-0.4, -0.2) is 57.7 Å². The molecule has 30 heavy (non-hydrogen) atoms. The van der Waals surface area contributed by atoms with Crippen LogP contribution < -0.4 is 4.74 Å². The molecule has 2 aromatic heterocycles. The molecule has 0 spiro atoms. The van der Waals surface area contributed by atoms with Crippen molar-refractivity contribution in [2.75, 3.05) is 26.8 Å². The molecular weight excluding hydrogens is 386 g/mol. The molecule has 1 fully saturated rings. The number of nitrogens with zero attached hydrogens (tertiary/aromatic N) is 5. The lowest BCUT2D eigenvalue weighted by Crippen LogP contribution is -2.42. The lowest BCUT2D eigenvalue weighted by molar-refractivity contribution is -0.139. The minimum absolute atomic E-state index is 0.0194. The van der Waals surface area contributed by atoms with Crippen molar-refractivity contribution < 1.29 is 18.8 Å². The number of carbonyl (C=O) groups is 1. The van der Waals surface area contributed by atoms with E-state index in [9.17, 15) is 4.79 Å². The van der Waals surface area contributed by atoms with Crippen molar-refractivity contribution in [2.24, 2.45) is 0 Å². The molecule has 1 saturated heterocycles. The summed E-state index contributed by atoms with van der Waals surface area (Å²) >= 11 is 0. The van der Waals surface area contributed by atoms with Crippen LogP contribution in [-0.2, 0) is 16.0 Å². The number of hydrogen-bond acceptors (Lipinski definition) is 8. The van der Waals surface area contributed by atoms with Gasteiger partial charge in [-0.1, -0.05) is 17.3 Å². The van der Waals surface area contributed by atoms with Crippen LogP contribution in [0.1, 0.15) is 29.9 Å². The molecule has 3 aromatic rings. The van der Waals surface area contributed by atoms with E-state index in [0.29, 0.717) is 49.9 Å². The van der Waals surface area contributed by atoms with Gasteiger partial charge in [0.15, 0.2) is 5.82 Å². The zero-order valence-corrected chi connectivity index (χ0v) is 16.9. The fraction of sp³-hybridized carbons (Fsp3) is 0.381. The number of rotatable bonds is 6. The highest BCUT2D eigenvalue weighted by atomic mass is 16.5. The highest BCUT2D eigenvalue weighted by molar-refractivity contribution is 5.76. The number of aryl methyl sites for hydroxylation is 2. The van der Waals surface area contributed by atoms with Crippen LogP contribution in [0.15, 0.2) is 41.2 Å². The van der Waals surface area contributed by atoms with E-state index in [1.165, 1.54) is 0 Å². The van der Waals surface area contributed by atoms with Crippen molar-refractivity contribution in [3.63, 3.8) is 0 Å². The summed E-state index contributed by atoms with van der Waals surface area (Å²) in [4.78, 5) is 27.7. The van der Waals surface area contributed by atoms with E-state index >= 15 is 0 Å². The first-order chi connectivity index (χ1) is 14.6. The average molecular weight is 409 g/mol. The number of aromatic nitrogens is 4. The number of amides is 1. The van der Waals surface area contributed by atoms with Crippen molar-refractivity contribution in [1.82, 2.24) is 25.0 Å². The second-order valence-electron chi connectivity index (χ2n) is 6.96. The van der Waals surface area contributed by atoms with Crippen molar-refractivity contribution in [1.29, 1.82) is 0 Å². The largest absolute Gasteiger partial charge is 0.497 e. The maximum absolute atomic E-state index is 12.7. The quantitative estimate of drug-likeness (QED) is 0.611. The van der Waals surface area contributed by atoms with E-state index in [1.807, 2.05) is 24.3 Å². The summed E-state index contributed by atoms with van der Waals surface area (Å²) in [6, 6.07) is 7.64. The number of methoxy groups -OCH3 is 1. The third-order valence-electron chi connectivity index (χ3n) is 4.92. The van der Waals surface area contributed by atoms with Gasteiger partial charge in [0.2, 0.25) is 11.8 Å². The molecule has 9 nitrogen and oxygen atoms in total. The van der Waals surface area contributed by atoms with Crippen molar-refractivity contribution in [3.05, 3.63) is 54.1 Å². The lowest BCUT2D eigenvalue weighted by Gasteiger charge is -2.33. The first-order valence-corrected chi connectivity index (χ1v) is 9.78. The van der Waals surface area contributed by atoms with Crippen molar-refractivity contribution >= 4 is 5.91 Å². The molecule has 0 radical (unpaired) electrons. The zero-order valence-electron chi connectivity index (χ0n) is 16.9. The molecule has 156 valence electrons. The molecule has 1 aromatic carbocycles. The van der Waals surface area contributed by atoms with Gasteiger partial charge in [-0.2, -0.15) is 4.98 Å². The second-order valence-corrected chi connectivity index (χ2v) is 6.96. The van der Waals surface area contributed by atoms with Gasteiger partial charge in [-0.25, -0.2) is 0 Å². The third-order valence-corrected chi connectivity index (χ3v) is 4.92. The van der Waals surface area contributed by atoms with Crippen molar-refractivity contribution in [2.45, 2.75) is 25.9 Å². The SMILES string of the molecule is COc1cccc(-c2nccnc2[C@@H]2CN(C(=O)CCc3nc(C)no3)CCO2)c1. The summed E-state index contributed by atoms with van der Waals surface area (Å²) in [5, 5.41) is 3.75. The molecule has 9 heteroatoms. The van der Waals surface area contributed by atoms with Gasteiger partial charge >= 0.3 is 0 Å². The number of carbonyl (C=O) groups excluding carboxylic acids is 1. The van der Waals surface area contributed by atoms with Gasteiger partial charge in [0.25, 0.3) is 0 Å². The summed E-state index contributed by atoms with van der Waals surface area (Å²) in [5.41, 5.74) is 2.31. The summed E-state index contributed by atoms with van der Waals surface area (Å²) in [6.07, 6.45) is 3.65. The van der Waals surface area contributed by atoms with Crippen LogP contribution in [0.25, 0.3) is 11.3 Å². The molecule has 1 atom stereocenters. The van der Waals surface area contributed by atoms with Crippen LogP contribution >= 0.6 is 0 Å². The lowest BCUT2D eigenvalue weighted by atomic mass is 10.0. The Labute approximate surface area is 174 Å². The van der Waals surface area contributed by atoms with Crippen LogP contribution in [0.2, 0.25) is 0 Å². The summed E-state index contributed by atoms with van der Waals surface area (Å²) in [7, 11) is 1.63. The van der Waals surface area contributed by atoms with Gasteiger partial charge in [-0.05, 0) is 19.1 Å². The Kier molecular flexibility index (Phi) is 5.99. The number of hydrogen-bond donors (Lipinski definition) is 0. The molecule has 0 bridgehead atoms. The van der Waals surface area contributed by atoms with Gasteiger partial charge in [-0.15, -0.1) is 0 Å². The topological polar surface area (TPSA) is 103 Å². The third kappa shape index (κ3) is 4.46. The maximum atomic E-state index is 12.7. The average Bonchev–Trinajstić information content (AvgIpc) is 3.22. The van der Waals surface area contributed by atoms with Gasteiger partial charge in [-0.3, -0.25) is 14.8 Å². The van der Waals surface area contributed by atoms with Gasteiger partial charge < -0.3 is 18.9 Å². The van der Waals surface area contributed by atoms with E-state index in [2.05, 4.69) is 20.1 Å². The monoisotopic (exact) mass is 409 g/mol. The van der Waals surface area contributed by atoms with Gasteiger partial charge in [0.05, 0.1) is 31.6 Å². The number of morpholine rings is 1. The molecule has 3 heterocycles. The van der Waals surface area contributed by atoms with Crippen molar-refractivity contribution in [3.8, 4) is 17.0 Å². The highest BCUT2D eigenvalue weighted by Crippen LogP contribution is 2.30. The Morgan fingerprint density at radius 3 is 2.97 bits per heavy atom. The summed E-state index contributed by atoms with van der Waals surface area (Å²) < 4.78 is 16.4. The summed E-state index contributed by atoms with van der Waals surface area (Å²) in [5.74, 6) is 1.80. The minimum atomic E-state index is -0.358. The standard InChI is InChI=1S/C21H23N5O4/c1-14-24-18(30-25-14)6-7-19(27)26-10-11-29-17(13-26)21-20(22-8-9-23-21)15-4-3-5-16(12-15)28-2/h3-5,8-9,12,17H,6-7,10-11,13H2,1-2H3/t17-/m0/s1. The molecule has 1 aliphatic rings. The number of benzene rings is 1. The Balaban J connectivity index is 1.48. The van der Waals surface area contributed by atoms with Crippen LogP contribution in [0.3, 0.4) is 0 Å². The molecule has 1 amide bonds. The second kappa shape index (κ2) is 9.00. The van der Waals surface area contributed by atoms with Crippen LogP contribution in [0.5, 0.6) is 5.75 Å². The fourth-order valence-corrected chi connectivity index (χ4v) is 3.43. The maximum Gasteiger partial charge on any atom is 0.227 e. The zero-order chi connectivity index (χ0) is 20.9. The Hall–Kier alpha value is -3.33. The minimum Gasteiger partial charge on any atom is -0.497 e. The van der Waals surface area contributed by atoms with E-state index in [1.54, 1.807) is 31.3 Å². The smallest absolute Gasteiger partial charge is 0.227 e. The van der Waals surface area contributed by atoms with E-state index in [-0.39, 0.29) is 12.0 Å². The predicted molar refractivity (Wildman–Crippen MR) is 107 cm³/mol. The normalized spacial score (nSPS) is 16.5. The van der Waals surface area contributed by atoms with Gasteiger partial charge in [0, 0.05) is 37.3 Å². The molecule has 0 saturated carbocycles. The molecule has 4 rings (SSSR count). The summed E-state index contributed by atoms with van der Waals surface area (Å²) in [6.45, 7) is 3.14. The first kappa shape index (κ1) is 20.0. The van der Waals surface area contributed by atoms with Crippen LogP contribution in [0.4, 0.5) is 0 Å². The number of ether oxygens (including phenoxy) is 2. The molecule has 0 aliphatic carbocycles. The first-order valence-electron chi connectivity index (χ1n) is 9.78. The Bertz CT molecular complexity index is 1020. The van der Waals surface area contributed by atoms with Gasteiger partial charge in [0.1, 0.15) is 11.9 Å². The Morgan fingerprint density at radius 1 is 1.30 bits per heavy atom. The predicted octanol–water partition coefficient (Wildman–Crippen LogP) is 2.38. The highest BCUT2D eigenvalue weighted by Gasteiger charge is 2.29. The molecule has 0 unspecified atom stereocenters. The van der Waals surface area contributed by atoms with E-state index in [0.717, 1.165) is 17.0 Å². The molecular formula is C21H23N5O4. The van der Waals surface area contributed by atoms with E-state index < -0.39 is 0 Å². The molecule has 0 N–H and O–H groups in total.